The van der Waals surface area contributed by atoms with Gasteiger partial charge in [-0.25, -0.2) is 9.37 Å². The lowest BCUT2D eigenvalue weighted by Crippen LogP contribution is -2.05. The zero-order valence-electron chi connectivity index (χ0n) is 15.5. The first-order valence-corrected chi connectivity index (χ1v) is 8.90. The van der Waals surface area contributed by atoms with Crippen LogP contribution < -0.4 is 10.6 Å². The molecule has 28 heavy (non-hydrogen) atoms. The Bertz CT molecular complexity index is 1140. The fourth-order valence-electron chi connectivity index (χ4n) is 3.24. The van der Waals surface area contributed by atoms with Gasteiger partial charge in [-0.15, -0.1) is 0 Å². The molecule has 4 rings (SSSR count). The maximum absolute atomic E-state index is 14.9. The summed E-state index contributed by atoms with van der Waals surface area (Å²) >= 11 is 0. The maximum atomic E-state index is 14.9. The van der Waals surface area contributed by atoms with Gasteiger partial charge in [-0.05, 0) is 49.6 Å². The molecular weight excluding hydrogens is 353 g/mol. The third-order valence-corrected chi connectivity index (χ3v) is 4.57. The second kappa shape index (κ2) is 7.12. The fourth-order valence-corrected chi connectivity index (χ4v) is 3.24. The molecule has 0 aliphatic heterocycles. The molecule has 0 fully saturated rings. The van der Waals surface area contributed by atoms with Gasteiger partial charge in [-0.1, -0.05) is 29.8 Å². The monoisotopic (exact) mass is 371 g/mol. The van der Waals surface area contributed by atoms with E-state index in [1.165, 1.54) is 6.20 Å². The normalized spacial score (nSPS) is 12.1. The van der Waals surface area contributed by atoms with E-state index in [4.69, 9.17) is 0 Å². The largest absolute Gasteiger partial charge is 0.337 e. The molecule has 0 radical (unpaired) electrons. The van der Waals surface area contributed by atoms with Crippen molar-refractivity contribution in [2.75, 3.05) is 10.6 Å². The van der Waals surface area contributed by atoms with Gasteiger partial charge in [0.1, 0.15) is 11.6 Å². The first kappa shape index (κ1) is 17.7. The van der Waals surface area contributed by atoms with Gasteiger partial charge in [0.15, 0.2) is 11.6 Å². The first-order valence-electron chi connectivity index (χ1n) is 8.90. The van der Waals surface area contributed by atoms with E-state index in [1.807, 2.05) is 56.3 Å². The van der Waals surface area contributed by atoms with Crippen molar-refractivity contribution in [1.82, 2.24) is 9.97 Å². The van der Waals surface area contributed by atoms with Crippen LogP contribution in [0.4, 0.5) is 27.5 Å². The Labute approximate surface area is 162 Å². The van der Waals surface area contributed by atoms with Crippen LogP contribution in [0.2, 0.25) is 0 Å². The molecule has 2 aromatic carbocycles. The number of hydrogen-bond acceptors (Lipinski definition) is 5. The van der Waals surface area contributed by atoms with Crippen LogP contribution in [0.15, 0.2) is 48.2 Å². The van der Waals surface area contributed by atoms with E-state index in [1.54, 1.807) is 6.07 Å². The molecule has 0 spiro atoms. The zero-order chi connectivity index (χ0) is 19.7. The van der Waals surface area contributed by atoms with Crippen molar-refractivity contribution in [3.05, 3.63) is 76.2 Å². The van der Waals surface area contributed by atoms with E-state index in [2.05, 4.69) is 20.6 Å². The SMILES string of the molecule is CC1=Cc2c(ccc(Nc3nc(Nc4cccc(C)c4)ncc3C#N)c2F)C1. The minimum Gasteiger partial charge on any atom is -0.337 e. The van der Waals surface area contributed by atoms with Crippen molar-refractivity contribution < 1.29 is 4.39 Å². The average Bonchev–Trinajstić information content (AvgIpc) is 3.06. The number of fused-ring (bicyclic) bond motifs is 1. The molecule has 0 amide bonds. The smallest absolute Gasteiger partial charge is 0.229 e. The number of nitrogens with zero attached hydrogens (tertiary/aromatic N) is 3. The minimum absolute atomic E-state index is 0.237. The number of allylic oxidation sites excluding steroid dienone is 1. The predicted octanol–water partition coefficient (Wildman–Crippen LogP) is 5.24. The molecule has 0 unspecified atom stereocenters. The zero-order valence-corrected chi connectivity index (χ0v) is 15.5. The summed E-state index contributed by atoms with van der Waals surface area (Å²) in [4.78, 5) is 8.55. The van der Waals surface area contributed by atoms with E-state index >= 15 is 0 Å². The van der Waals surface area contributed by atoms with E-state index in [0.717, 1.165) is 28.8 Å². The summed E-state index contributed by atoms with van der Waals surface area (Å²) in [5.41, 5.74) is 5.12. The lowest BCUT2D eigenvalue weighted by Gasteiger charge is -2.12. The standard InChI is InChI=1S/C22H18FN5/c1-13-4-3-5-17(9-13)26-22-25-12-16(11-24)21(28-22)27-19-7-6-15-8-14(2)10-18(15)20(19)23/h3-7,9-10,12H,8H2,1-2H3,(H2,25,26,27,28). The molecule has 1 aliphatic rings. The highest BCUT2D eigenvalue weighted by Crippen LogP contribution is 2.32. The Morgan fingerprint density at radius 1 is 1.14 bits per heavy atom. The molecule has 5 nitrogen and oxygen atoms in total. The molecule has 1 heterocycles. The number of aryl methyl sites for hydroxylation is 1. The van der Waals surface area contributed by atoms with Crippen LogP contribution in [0.5, 0.6) is 0 Å². The highest BCUT2D eigenvalue weighted by molar-refractivity contribution is 5.72. The number of rotatable bonds is 4. The van der Waals surface area contributed by atoms with Gasteiger partial charge in [0.2, 0.25) is 5.95 Å². The lowest BCUT2D eigenvalue weighted by molar-refractivity contribution is 0.628. The van der Waals surface area contributed by atoms with Crippen LogP contribution in [-0.4, -0.2) is 9.97 Å². The number of anilines is 4. The second-order valence-electron chi connectivity index (χ2n) is 6.85. The van der Waals surface area contributed by atoms with Crippen molar-refractivity contribution in [3.63, 3.8) is 0 Å². The molecule has 1 aromatic heterocycles. The van der Waals surface area contributed by atoms with Gasteiger partial charge in [-0.2, -0.15) is 10.2 Å². The van der Waals surface area contributed by atoms with Crippen LogP contribution in [-0.2, 0) is 6.42 Å². The molecule has 138 valence electrons. The Hall–Kier alpha value is -3.72. The maximum Gasteiger partial charge on any atom is 0.229 e. The Morgan fingerprint density at radius 3 is 2.79 bits per heavy atom. The molecule has 0 atom stereocenters. The molecular formula is C22H18FN5. The third-order valence-electron chi connectivity index (χ3n) is 4.57. The van der Waals surface area contributed by atoms with Gasteiger partial charge in [0.25, 0.3) is 0 Å². The van der Waals surface area contributed by atoms with Crippen molar-refractivity contribution in [3.8, 4) is 6.07 Å². The molecule has 0 bridgehead atoms. The lowest BCUT2D eigenvalue weighted by atomic mass is 10.1. The van der Waals surface area contributed by atoms with E-state index in [-0.39, 0.29) is 22.9 Å². The number of halogens is 1. The van der Waals surface area contributed by atoms with E-state index in [0.29, 0.717) is 11.5 Å². The topological polar surface area (TPSA) is 73.6 Å². The van der Waals surface area contributed by atoms with Gasteiger partial charge in [0, 0.05) is 11.3 Å². The van der Waals surface area contributed by atoms with Gasteiger partial charge in [0.05, 0.1) is 11.9 Å². The molecule has 6 heteroatoms. The summed E-state index contributed by atoms with van der Waals surface area (Å²) in [6, 6.07) is 13.4. The molecule has 0 saturated heterocycles. The molecule has 0 saturated carbocycles. The van der Waals surface area contributed by atoms with Crippen molar-refractivity contribution in [2.24, 2.45) is 0 Å². The predicted molar refractivity (Wildman–Crippen MR) is 108 cm³/mol. The fraction of sp³-hybridized carbons (Fsp3) is 0.136. The van der Waals surface area contributed by atoms with Crippen LogP contribution >= 0.6 is 0 Å². The summed E-state index contributed by atoms with van der Waals surface area (Å²) in [6.45, 7) is 3.97. The number of nitriles is 1. The summed E-state index contributed by atoms with van der Waals surface area (Å²) in [5.74, 6) is 0.236. The summed E-state index contributed by atoms with van der Waals surface area (Å²) in [7, 11) is 0. The van der Waals surface area contributed by atoms with E-state index in [9.17, 15) is 9.65 Å². The number of hydrogen-bond donors (Lipinski definition) is 2. The van der Waals surface area contributed by atoms with E-state index < -0.39 is 0 Å². The third kappa shape index (κ3) is 3.42. The Kier molecular flexibility index (Phi) is 4.50. The number of benzene rings is 2. The first-order chi connectivity index (χ1) is 13.5. The second-order valence-corrected chi connectivity index (χ2v) is 6.85. The molecule has 1 aliphatic carbocycles. The van der Waals surface area contributed by atoms with Crippen LogP contribution in [0.1, 0.15) is 29.2 Å². The number of nitrogens with one attached hydrogen (secondary N) is 2. The van der Waals surface area contributed by atoms with Gasteiger partial charge < -0.3 is 10.6 Å². The van der Waals surface area contributed by atoms with Crippen LogP contribution in [0, 0.1) is 24.1 Å². The van der Waals surface area contributed by atoms with Gasteiger partial charge >= 0.3 is 0 Å². The van der Waals surface area contributed by atoms with Crippen molar-refractivity contribution in [2.45, 2.75) is 20.3 Å². The minimum atomic E-state index is -0.343. The van der Waals surface area contributed by atoms with Crippen molar-refractivity contribution >= 4 is 29.2 Å². The average molecular weight is 371 g/mol. The highest BCUT2D eigenvalue weighted by atomic mass is 19.1. The Morgan fingerprint density at radius 2 is 2.00 bits per heavy atom. The van der Waals surface area contributed by atoms with Crippen molar-refractivity contribution in [1.29, 1.82) is 5.26 Å². The highest BCUT2D eigenvalue weighted by Gasteiger charge is 2.18. The quantitative estimate of drug-likeness (QED) is 0.656. The Balaban J connectivity index is 1.66. The van der Waals surface area contributed by atoms with Crippen LogP contribution in [0.25, 0.3) is 6.08 Å². The summed E-state index contributed by atoms with van der Waals surface area (Å²) in [5, 5.41) is 15.4. The summed E-state index contributed by atoms with van der Waals surface area (Å²) < 4.78 is 14.9. The number of aromatic nitrogens is 2. The molecule has 3 aromatic rings. The van der Waals surface area contributed by atoms with Crippen LogP contribution in [0.3, 0.4) is 0 Å². The molecule has 2 N–H and O–H groups in total. The van der Waals surface area contributed by atoms with Gasteiger partial charge in [-0.3, -0.25) is 0 Å². The summed E-state index contributed by atoms with van der Waals surface area (Å²) in [6.07, 6.45) is 4.03.